The highest BCUT2D eigenvalue weighted by Crippen LogP contribution is 2.22. The zero-order chi connectivity index (χ0) is 17.9. The maximum Gasteiger partial charge on any atom is 0.241 e. The maximum atomic E-state index is 12.9. The van der Waals surface area contributed by atoms with E-state index in [0.29, 0.717) is 26.1 Å². The van der Waals surface area contributed by atoms with E-state index in [4.69, 9.17) is 0 Å². The third-order valence-electron chi connectivity index (χ3n) is 5.00. The summed E-state index contributed by atoms with van der Waals surface area (Å²) in [5.41, 5.74) is 1.21. The number of amides is 1. The topological polar surface area (TPSA) is 73.8 Å². The number of aromatic nitrogens is 1. The minimum Gasteiger partial charge on any atom is -0.339 e. The van der Waals surface area contributed by atoms with E-state index in [0.717, 1.165) is 32.5 Å². The van der Waals surface area contributed by atoms with E-state index < -0.39 is 16.1 Å². The first-order valence-electron chi connectivity index (χ1n) is 8.82. The van der Waals surface area contributed by atoms with Crippen LogP contribution in [-0.2, 0) is 21.4 Å². The summed E-state index contributed by atoms with van der Waals surface area (Å²) in [6.45, 7) is 4.22. The van der Waals surface area contributed by atoms with Gasteiger partial charge in [0.1, 0.15) is 6.04 Å². The Morgan fingerprint density at radius 1 is 1.12 bits per heavy atom. The molecular weight excluding hydrogens is 340 g/mol. The molecule has 0 bridgehead atoms. The van der Waals surface area contributed by atoms with Gasteiger partial charge in [-0.25, -0.2) is 8.42 Å². The highest BCUT2D eigenvalue weighted by atomic mass is 32.2. The highest BCUT2D eigenvalue weighted by Gasteiger charge is 2.37. The fourth-order valence-electron chi connectivity index (χ4n) is 3.63. The minimum atomic E-state index is -3.34. The van der Waals surface area contributed by atoms with Crippen LogP contribution in [0.3, 0.4) is 0 Å². The summed E-state index contributed by atoms with van der Waals surface area (Å²) in [6, 6.07) is 3.49. The van der Waals surface area contributed by atoms with Gasteiger partial charge in [-0.2, -0.15) is 4.31 Å². The van der Waals surface area contributed by atoms with Gasteiger partial charge in [0.05, 0.1) is 6.26 Å². The number of carbonyl (C=O) groups is 1. The Morgan fingerprint density at radius 3 is 2.44 bits per heavy atom. The summed E-state index contributed by atoms with van der Waals surface area (Å²) in [5, 5.41) is 0. The molecule has 1 amide bonds. The molecule has 1 aromatic rings. The molecule has 0 N–H and O–H groups in total. The van der Waals surface area contributed by atoms with Crippen molar-refractivity contribution >= 4 is 15.9 Å². The third-order valence-corrected chi connectivity index (χ3v) is 6.29. The summed E-state index contributed by atoms with van der Waals surface area (Å²) in [5.74, 6) is -0.0336. The van der Waals surface area contributed by atoms with Gasteiger partial charge in [0.25, 0.3) is 0 Å². The van der Waals surface area contributed by atoms with Crippen LogP contribution in [0.1, 0.15) is 24.8 Å². The fourth-order valence-corrected chi connectivity index (χ4v) is 4.75. The number of piperazine rings is 1. The first-order chi connectivity index (χ1) is 11.9. The average Bonchev–Trinajstić information content (AvgIpc) is 2.62. The summed E-state index contributed by atoms with van der Waals surface area (Å²) >= 11 is 0. The van der Waals surface area contributed by atoms with E-state index in [1.165, 1.54) is 16.1 Å². The van der Waals surface area contributed by atoms with Crippen molar-refractivity contribution in [3.63, 3.8) is 0 Å². The molecule has 2 aliphatic rings. The van der Waals surface area contributed by atoms with Gasteiger partial charge in [-0.05, 0) is 30.5 Å². The Morgan fingerprint density at radius 2 is 1.80 bits per heavy atom. The largest absolute Gasteiger partial charge is 0.339 e. The van der Waals surface area contributed by atoms with Crippen LogP contribution in [0.4, 0.5) is 0 Å². The van der Waals surface area contributed by atoms with Crippen LogP contribution in [0, 0.1) is 0 Å². The van der Waals surface area contributed by atoms with Crippen LogP contribution in [0.15, 0.2) is 24.5 Å². The van der Waals surface area contributed by atoms with Gasteiger partial charge >= 0.3 is 0 Å². The Labute approximate surface area is 149 Å². The molecule has 0 aromatic carbocycles. The van der Waals surface area contributed by atoms with Gasteiger partial charge in [-0.1, -0.05) is 6.42 Å². The van der Waals surface area contributed by atoms with Crippen molar-refractivity contribution in [2.24, 2.45) is 0 Å². The second-order valence-corrected chi connectivity index (χ2v) is 8.78. The summed E-state index contributed by atoms with van der Waals surface area (Å²) in [7, 11) is -3.34. The molecule has 7 nitrogen and oxygen atoms in total. The SMILES string of the molecule is CS(=O)(=O)N1CCCCC1C(=O)N1CCN(Cc2ccncc2)CC1. The molecule has 2 saturated heterocycles. The Balaban J connectivity index is 1.57. The smallest absolute Gasteiger partial charge is 0.241 e. The van der Waals surface area contributed by atoms with Crippen molar-refractivity contribution in [3.05, 3.63) is 30.1 Å². The third kappa shape index (κ3) is 4.56. The van der Waals surface area contributed by atoms with Crippen molar-refractivity contribution in [1.29, 1.82) is 0 Å². The van der Waals surface area contributed by atoms with Crippen molar-refractivity contribution in [2.75, 3.05) is 39.0 Å². The minimum absolute atomic E-state index is 0.0336. The van der Waals surface area contributed by atoms with Crippen molar-refractivity contribution < 1.29 is 13.2 Å². The molecule has 2 aliphatic heterocycles. The Hall–Kier alpha value is -1.51. The molecule has 0 aliphatic carbocycles. The first kappa shape index (κ1) is 18.3. The van der Waals surface area contributed by atoms with Crippen LogP contribution in [0.25, 0.3) is 0 Å². The number of pyridine rings is 1. The number of carbonyl (C=O) groups excluding carboxylic acids is 1. The number of hydrogen-bond donors (Lipinski definition) is 0. The molecule has 1 aromatic heterocycles. The Bertz CT molecular complexity index is 687. The molecule has 3 heterocycles. The van der Waals surface area contributed by atoms with Crippen LogP contribution in [-0.4, -0.2) is 78.4 Å². The molecule has 138 valence electrons. The predicted octanol–water partition coefficient (Wildman–Crippen LogP) is 0.540. The van der Waals surface area contributed by atoms with E-state index >= 15 is 0 Å². The lowest BCUT2D eigenvalue weighted by Gasteiger charge is -2.40. The molecule has 1 unspecified atom stereocenters. The Kier molecular flexibility index (Phi) is 5.71. The zero-order valence-electron chi connectivity index (χ0n) is 14.7. The molecule has 0 saturated carbocycles. The van der Waals surface area contributed by atoms with Crippen LogP contribution in [0.2, 0.25) is 0 Å². The van der Waals surface area contributed by atoms with E-state index in [9.17, 15) is 13.2 Å². The summed E-state index contributed by atoms with van der Waals surface area (Å²) in [6.07, 6.45) is 7.14. The van der Waals surface area contributed by atoms with Gasteiger partial charge in [0.2, 0.25) is 15.9 Å². The molecule has 2 fully saturated rings. The molecule has 1 atom stereocenters. The van der Waals surface area contributed by atoms with Gasteiger partial charge in [0, 0.05) is 51.7 Å². The number of piperidine rings is 1. The lowest BCUT2D eigenvalue weighted by atomic mass is 10.0. The number of sulfonamides is 1. The second-order valence-electron chi connectivity index (χ2n) is 6.84. The van der Waals surface area contributed by atoms with Crippen LogP contribution < -0.4 is 0 Å². The van der Waals surface area contributed by atoms with Gasteiger partial charge in [0.15, 0.2) is 0 Å². The zero-order valence-corrected chi connectivity index (χ0v) is 15.5. The number of hydrogen-bond acceptors (Lipinski definition) is 5. The highest BCUT2D eigenvalue weighted by molar-refractivity contribution is 7.88. The van der Waals surface area contributed by atoms with Crippen molar-refractivity contribution in [1.82, 2.24) is 19.1 Å². The predicted molar refractivity (Wildman–Crippen MR) is 95.3 cm³/mol. The fraction of sp³-hybridized carbons (Fsp3) is 0.647. The first-order valence-corrected chi connectivity index (χ1v) is 10.7. The van der Waals surface area contributed by atoms with Crippen LogP contribution in [0.5, 0.6) is 0 Å². The van der Waals surface area contributed by atoms with E-state index in [2.05, 4.69) is 9.88 Å². The van der Waals surface area contributed by atoms with E-state index in [1.807, 2.05) is 17.0 Å². The quantitative estimate of drug-likeness (QED) is 0.778. The lowest BCUT2D eigenvalue weighted by Crippen LogP contribution is -2.56. The van der Waals surface area contributed by atoms with Gasteiger partial charge in [-0.15, -0.1) is 0 Å². The maximum absolute atomic E-state index is 12.9. The van der Waals surface area contributed by atoms with E-state index in [-0.39, 0.29) is 5.91 Å². The monoisotopic (exact) mass is 366 g/mol. The standard InChI is InChI=1S/C17H26N4O3S/c1-25(23,24)21-9-3-2-4-16(21)17(22)20-12-10-19(11-13-20)14-15-5-7-18-8-6-15/h5-8,16H,2-4,9-14H2,1H3. The molecule has 3 rings (SSSR count). The molecule has 25 heavy (non-hydrogen) atoms. The van der Waals surface area contributed by atoms with Crippen LogP contribution >= 0.6 is 0 Å². The van der Waals surface area contributed by atoms with Crippen molar-refractivity contribution in [3.8, 4) is 0 Å². The van der Waals surface area contributed by atoms with Gasteiger partial charge < -0.3 is 4.90 Å². The van der Waals surface area contributed by atoms with Gasteiger partial charge in [-0.3, -0.25) is 14.7 Å². The number of rotatable bonds is 4. The molecular formula is C17H26N4O3S. The number of nitrogens with zero attached hydrogens (tertiary/aromatic N) is 4. The lowest BCUT2D eigenvalue weighted by molar-refractivity contribution is -0.138. The second kappa shape index (κ2) is 7.80. The molecule has 0 radical (unpaired) electrons. The van der Waals surface area contributed by atoms with E-state index in [1.54, 1.807) is 12.4 Å². The summed E-state index contributed by atoms with van der Waals surface area (Å²) in [4.78, 5) is 21.0. The molecule has 8 heteroatoms. The van der Waals surface area contributed by atoms with Crippen molar-refractivity contribution in [2.45, 2.75) is 31.8 Å². The molecule has 0 spiro atoms. The summed E-state index contributed by atoms with van der Waals surface area (Å²) < 4.78 is 25.4. The normalized spacial score (nSPS) is 23.6. The average molecular weight is 366 g/mol.